The Morgan fingerprint density at radius 2 is 1.76 bits per heavy atom. The van der Waals surface area contributed by atoms with Gasteiger partial charge in [-0.1, -0.05) is 88.7 Å². The fraction of sp³-hybridized carbons (Fsp3) is 0.455. The first kappa shape index (κ1) is 30.8. The third-order valence-electron chi connectivity index (χ3n) is 8.71. The van der Waals surface area contributed by atoms with Crippen molar-refractivity contribution in [3.05, 3.63) is 83.0 Å². The summed E-state index contributed by atoms with van der Waals surface area (Å²) in [6.45, 7) is 11.9. The topological polar surface area (TPSA) is 131 Å². The van der Waals surface area contributed by atoms with Crippen molar-refractivity contribution in [3.8, 4) is 0 Å². The summed E-state index contributed by atoms with van der Waals surface area (Å²) in [6, 6.07) is 16.9. The summed E-state index contributed by atoms with van der Waals surface area (Å²) >= 11 is 0. The second-order valence-electron chi connectivity index (χ2n) is 11.9. The number of nitrogens with two attached hydrogens (primary N) is 1. The molecular formula is C33H44N6O3. The lowest BCUT2D eigenvalue weighted by molar-refractivity contribution is -0.133. The maximum absolute atomic E-state index is 14.2. The minimum Gasteiger partial charge on any atom is -0.368 e. The number of hydrogen-bond acceptors (Lipinski definition) is 5. The van der Waals surface area contributed by atoms with Gasteiger partial charge in [-0.2, -0.15) is 5.10 Å². The van der Waals surface area contributed by atoms with Crippen LogP contribution in [0.2, 0.25) is 0 Å². The molecule has 224 valence electrons. The van der Waals surface area contributed by atoms with Gasteiger partial charge >= 0.3 is 0 Å². The lowest BCUT2D eigenvalue weighted by Crippen LogP contribution is -2.60. The van der Waals surface area contributed by atoms with E-state index >= 15 is 0 Å². The number of fused-ring (bicyclic) bond motifs is 1. The Morgan fingerprint density at radius 3 is 2.33 bits per heavy atom. The van der Waals surface area contributed by atoms with Gasteiger partial charge in [0.15, 0.2) is 0 Å². The van der Waals surface area contributed by atoms with Gasteiger partial charge in [0.05, 0.1) is 17.8 Å². The van der Waals surface area contributed by atoms with Gasteiger partial charge in [-0.3, -0.25) is 14.4 Å². The number of carbonyl (C=O) groups excluding carboxylic acids is 3. The van der Waals surface area contributed by atoms with Gasteiger partial charge in [-0.05, 0) is 55.7 Å². The van der Waals surface area contributed by atoms with Gasteiger partial charge in [0, 0.05) is 0 Å². The van der Waals surface area contributed by atoms with Crippen LogP contribution in [0.5, 0.6) is 0 Å². The zero-order chi connectivity index (χ0) is 30.7. The normalized spacial score (nSPS) is 18.5. The summed E-state index contributed by atoms with van der Waals surface area (Å²) in [5.74, 6) is -1.12. The van der Waals surface area contributed by atoms with Crippen molar-refractivity contribution in [1.82, 2.24) is 20.4 Å². The molecule has 2 aromatic carbocycles. The maximum atomic E-state index is 14.2. The average Bonchev–Trinajstić information content (AvgIpc) is 3.43. The summed E-state index contributed by atoms with van der Waals surface area (Å²) in [5.41, 5.74) is 7.07. The fourth-order valence-electron chi connectivity index (χ4n) is 5.79. The molecule has 5 N–H and O–H groups in total. The van der Waals surface area contributed by atoms with E-state index in [9.17, 15) is 14.4 Å². The van der Waals surface area contributed by atoms with Crippen molar-refractivity contribution in [2.24, 2.45) is 11.7 Å². The van der Waals surface area contributed by atoms with Crippen LogP contribution in [0.3, 0.4) is 0 Å². The van der Waals surface area contributed by atoms with Crippen molar-refractivity contribution < 1.29 is 14.4 Å². The van der Waals surface area contributed by atoms with Gasteiger partial charge in [-0.25, -0.2) is 4.68 Å². The molecule has 4 rings (SSSR count). The molecule has 1 aromatic heterocycles. The van der Waals surface area contributed by atoms with Gasteiger partial charge in [0.25, 0.3) is 11.8 Å². The molecule has 3 amide bonds. The molecule has 0 spiro atoms. The number of carbonyl (C=O) groups is 3. The molecule has 1 aliphatic rings. The highest BCUT2D eigenvalue weighted by atomic mass is 16.2. The third-order valence-corrected chi connectivity index (χ3v) is 8.71. The second-order valence-corrected chi connectivity index (χ2v) is 11.9. The van der Waals surface area contributed by atoms with E-state index in [1.165, 1.54) is 0 Å². The number of hydrogen-bond donors (Lipinski definition) is 4. The fourth-order valence-corrected chi connectivity index (χ4v) is 5.79. The first-order valence-corrected chi connectivity index (χ1v) is 14.9. The summed E-state index contributed by atoms with van der Waals surface area (Å²) in [6.07, 6.45) is 4.06. The Balaban J connectivity index is 1.74. The predicted molar refractivity (Wildman–Crippen MR) is 165 cm³/mol. The lowest BCUT2D eigenvalue weighted by atomic mass is 9.84. The molecular weight excluding hydrogens is 528 g/mol. The Labute approximate surface area is 248 Å². The van der Waals surface area contributed by atoms with Crippen molar-refractivity contribution in [1.29, 1.82) is 0 Å². The van der Waals surface area contributed by atoms with Gasteiger partial charge in [-0.15, -0.1) is 0 Å². The molecule has 0 fully saturated rings. The van der Waals surface area contributed by atoms with Crippen LogP contribution in [0.25, 0.3) is 0 Å². The van der Waals surface area contributed by atoms with E-state index in [2.05, 4.69) is 54.0 Å². The SMILES string of the molecule is CCc1ccc(C(CC)(NC(=O)c2cnn3c2N[C@@H](c2ccccc2)CC3(C)C)C(=O)N[C@H](C(N)=O)[C@@H](C)CC)cc1. The van der Waals surface area contributed by atoms with Crippen LogP contribution in [0.15, 0.2) is 60.8 Å². The number of rotatable bonds is 11. The van der Waals surface area contributed by atoms with E-state index in [-0.39, 0.29) is 23.9 Å². The molecule has 1 unspecified atom stereocenters. The van der Waals surface area contributed by atoms with Crippen LogP contribution in [-0.2, 0) is 27.1 Å². The number of benzene rings is 2. The molecule has 0 saturated heterocycles. The largest absolute Gasteiger partial charge is 0.368 e. The van der Waals surface area contributed by atoms with Crippen LogP contribution in [0.1, 0.15) is 93.9 Å². The van der Waals surface area contributed by atoms with E-state index in [0.717, 1.165) is 24.0 Å². The van der Waals surface area contributed by atoms with Crippen LogP contribution in [0, 0.1) is 5.92 Å². The molecule has 9 nitrogen and oxygen atoms in total. The molecule has 4 atom stereocenters. The standard InChI is InChI=1S/C33H44N6O3/c1-7-21(4)27(28(34)40)37-31(42)33(9-3,24-17-15-22(8-2)16-18-24)38-30(41)25-20-35-39-29(25)36-26(19-32(39,5)6)23-13-11-10-12-14-23/h10-18,20-21,26-27,36H,7-9,19H2,1-6H3,(H2,34,40)(H,37,42)(H,38,41)/t21-,26+,27-,33?/m0/s1. The maximum Gasteiger partial charge on any atom is 0.257 e. The molecule has 2 heterocycles. The van der Waals surface area contributed by atoms with E-state index < -0.39 is 29.3 Å². The summed E-state index contributed by atoms with van der Waals surface area (Å²) in [4.78, 5) is 40.6. The zero-order valence-corrected chi connectivity index (χ0v) is 25.5. The Hall–Kier alpha value is -4.14. The zero-order valence-electron chi connectivity index (χ0n) is 25.5. The number of anilines is 1. The highest BCUT2D eigenvalue weighted by molar-refractivity contribution is 6.03. The Morgan fingerprint density at radius 1 is 1.10 bits per heavy atom. The van der Waals surface area contributed by atoms with E-state index in [1.807, 2.05) is 67.9 Å². The Kier molecular flexibility index (Phi) is 9.09. The van der Waals surface area contributed by atoms with Crippen molar-refractivity contribution >= 4 is 23.5 Å². The monoisotopic (exact) mass is 572 g/mol. The molecule has 0 aliphatic carbocycles. The van der Waals surface area contributed by atoms with E-state index in [1.54, 1.807) is 6.20 Å². The number of nitrogens with zero attached hydrogens (tertiary/aromatic N) is 2. The average molecular weight is 573 g/mol. The smallest absolute Gasteiger partial charge is 0.257 e. The van der Waals surface area contributed by atoms with Gasteiger partial charge < -0.3 is 21.7 Å². The number of amides is 3. The molecule has 1 aliphatic heterocycles. The molecule has 0 bridgehead atoms. The number of aromatic nitrogens is 2. The van der Waals surface area contributed by atoms with Crippen molar-refractivity contribution in [2.45, 2.75) is 90.4 Å². The Bertz CT molecular complexity index is 1420. The number of aryl methyl sites for hydroxylation is 1. The van der Waals surface area contributed by atoms with Gasteiger partial charge in [0.2, 0.25) is 5.91 Å². The third kappa shape index (κ3) is 5.91. The minimum atomic E-state index is -1.46. The molecule has 0 radical (unpaired) electrons. The molecule has 42 heavy (non-hydrogen) atoms. The van der Waals surface area contributed by atoms with E-state index in [0.29, 0.717) is 23.4 Å². The minimum absolute atomic E-state index is 0.0235. The van der Waals surface area contributed by atoms with Crippen LogP contribution in [0.4, 0.5) is 5.82 Å². The van der Waals surface area contributed by atoms with Crippen LogP contribution in [-0.4, -0.2) is 33.5 Å². The predicted octanol–water partition coefficient (Wildman–Crippen LogP) is 4.79. The first-order chi connectivity index (χ1) is 20.0. The molecule has 9 heteroatoms. The highest BCUT2D eigenvalue weighted by Crippen LogP contribution is 2.40. The number of nitrogens with one attached hydrogen (secondary N) is 3. The number of primary amides is 1. The van der Waals surface area contributed by atoms with Crippen LogP contribution >= 0.6 is 0 Å². The molecule has 3 aromatic rings. The lowest BCUT2D eigenvalue weighted by Gasteiger charge is -2.39. The molecule has 0 saturated carbocycles. The highest BCUT2D eigenvalue weighted by Gasteiger charge is 2.44. The summed E-state index contributed by atoms with van der Waals surface area (Å²) < 4.78 is 1.84. The van der Waals surface area contributed by atoms with Crippen LogP contribution < -0.4 is 21.7 Å². The van der Waals surface area contributed by atoms with Gasteiger partial charge in [0.1, 0.15) is 23.0 Å². The summed E-state index contributed by atoms with van der Waals surface area (Å²) in [5, 5.41) is 14.1. The van der Waals surface area contributed by atoms with E-state index in [4.69, 9.17) is 5.73 Å². The van der Waals surface area contributed by atoms with Crippen molar-refractivity contribution in [3.63, 3.8) is 0 Å². The summed E-state index contributed by atoms with van der Waals surface area (Å²) in [7, 11) is 0. The second kappa shape index (κ2) is 12.4. The first-order valence-electron chi connectivity index (χ1n) is 14.9. The van der Waals surface area contributed by atoms with Crippen molar-refractivity contribution in [2.75, 3.05) is 5.32 Å². The quantitative estimate of drug-likeness (QED) is 0.262.